The maximum absolute atomic E-state index is 12.8. The van der Waals surface area contributed by atoms with Gasteiger partial charge in [-0.25, -0.2) is 9.80 Å². The van der Waals surface area contributed by atoms with Crippen molar-refractivity contribution in [3.8, 4) is 0 Å². The minimum Gasteiger partial charge on any atom is -0.467 e. The Morgan fingerprint density at radius 2 is 2.07 bits per heavy atom. The summed E-state index contributed by atoms with van der Waals surface area (Å²) in [5.74, 6) is -0.734. The number of esters is 1. The predicted molar refractivity (Wildman–Crippen MR) is 102 cm³/mol. The average molecular weight is 414 g/mol. The lowest BCUT2D eigenvalue weighted by atomic mass is 10.0. The molecule has 0 radical (unpaired) electrons. The smallest absolute Gasteiger partial charge is 0.377 e. The lowest BCUT2D eigenvalue weighted by molar-refractivity contribution is -0.136. The van der Waals surface area contributed by atoms with Gasteiger partial charge in [0.2, 0.25) is 5.76 Å². The van der Waals surface area contributed by atoms with E-state index in [1.807, 2.05) is 12.1 Å². The molecule has 9 heteroatoms. The van der Waals surface area contributed by atoms with Crippen LogP contribution in [-0.4, -0.2) is 34.4 Å². The molecule has 148 valence electrons. The average Bonchev–Trinajstić information content (AvgIpc) is 3.46. The SMILES string of the molecule is Cc1cc(C(=O)OCC(=O)N2N=C(c3ccc(Cl)cc3)C[C@H]2c2ccco2)on1. The molecule has 0 N–H and O–H groups in total. The van der Waals surface area contributed by atoms with Crippen LogP contribution in [0.5, 0.6) is 0 Å². The molecule has 0 saturated heterocycles. The van der Waals surface area contributed by atoms with Crippen LogP contribution < -0.4 is 0 Å². The van der Waals surface area contributed by atoms with Crippen LogP contribution in [0.15, 0.2) is 62.8 Å². The fourth-order valence-corrected chi connectivity index (χ4v) is 3.11. The minimum atomic E-state index is -0.769. The number of benzene rings is 1. The van der Waals surface area contributed by atoms with Crippen molar-refractivity contribution in [3.63, 3.8) is 0 Å². The Morgan fingerprint density at radius 1 is 1.28 bits per heavy atom. The molecule has 0 bridgehead atoms. The molecule has 29 heavy (non-hydrogen) atoms. The monoisotopic (exact) mass is 413 g/mol. The number of ether oxygens (including phenoxy) is 1. The van der Waals surface area contributed by atoms with Crippen molar-refractivity contribution in [2.24, 2.45) is 5.10 Å². The molecular formula is C20H16ClN3O5. The summed E-state index contributed by atoms with van der Waals surface area (Å²) in [7, 11) is 0. The first kappa shape index (κ1) is 18.9. The van der Waals surface area contributed by atoms with Gasteiger partial charge in [0.15, 0.2) is 6.61 Å². The lowest BCUT2D eigenvalue weighted by Gasteiger charge is -2.19. The van der Waals surface area contributed by atoms with Crippen LogP contribution in [0.1, 0.15) is 40.0 Å². The van der Waals surface area contributed by atoms with Crippen LogP contribution in [0.3, 0.4) is 0 Å². The van der Waals surface area contributed by atoms with Gasteiger partial charge in [0.05, 0.1) is 17.7 Å². The van der Waals surface area contributed by atoms with Crippen molar-refractivity contribution >= 4 is 29.2 Å². The first-order chi connectivity index (χ1) is 14.0. The molecule has 2 aromatic heterocycles. The number of hydrazone groups is 1. The van der Waals surface area contributed by atoms with Crippen molar-refractivity contribution < 1.29 is 23.3 Å². The maximum atomic E-state index is 12.8. The lowest BCUT2D eigenvalue weighted by Crippen LogP contribution is -2.31. The van der Waals surface area contributed by atoms with E-state index in [2.05, 4.69) is 10.3 Å². The van der Waals surface area contributed by atoms with Crippen LogP contribution in [-0.2, 0) is 9.53 Å². The number of furan rings is 1. The number of carbonyl (C=O) groups excluding carboxylic acids is 2. The van der Waals surface area contributed by atoms with Gasteiger partial charge < -0.3 is 13.7 Å². The second-order valence-corrected chi connectivity index (χ2v) is 6.87. The van der Waals surface area contributed by atoms with E-state index in [1.54, 1.807) is 31.2 Å². The normalized spacial score (nSPS) is 16.0. The van der Waals surface area contributed by atoms with Gasteiger partial charge in [0.25, 0.3) is 5.91 Å². The van der Waals surface area contributed by atoms with Crippen LogP contribution in [0.2, 0.25) is 5.02 Å². The molecule has 3 aromatic rings. The molecule has 4 rings (SSSR count). The van der Waals surface area contributed by atoms with Gasteiger partial charge in [-0.15, -0.1) is 0 Å². The third-order valence-electron chi connectivity index (χ3n) is 4.37. The van der Waals surface area contributed by atoms with E-state index in [-0.39, 0.29) is 5.76 Å². The second kappa shape index (κ2) is 7.92. The van der Waals surface area contributed by atoms with E-state index in [9.17, 15) is 9.59 Å². The number of halogens is 1. The van der Waals surface area contributed by atoms with E-state index < -0.39 is 24.5 Å². The quantitative estimate of drug-likeness (QED) is 0.590. The number of hydrogen-bond acceptors (Lipinski definition) is 7. The Bertz CT molecular complexity index is 1060. The summed E-state index contributed by atoms with van der Waals surface area (Å²) in [6.07, 6.45) is 1.99. The molecule has 0 aliphatic carbocycles. The zero-order valence-electron chi connectivity index (χ0n) is 15.4. The summed E-state index contributed by atoms with van der Waals surface area (Å²) in [5, 5.41) is 9.96. The standard InChI is InChI=1S/C20H16ClN3O5/c1-12-9-18(29-23-12)20(26)28-11-19(25)24-16(17-3-2-8-27-17)10-15(22-24)13-4-6-14(21)7-5-13/h2-9,16H,10-11H2,1H3/t16-/m0/s1. The Labute approximate surface area is 170 Å². The van der Waals surface area contributed by atoms with Crippen LogP contribution >= 0.6 is 11.6 Å². The second-order valence-electron chi connectivity index (χ2n) is 6.44. The van der Waals surface area contributed by atoms with Crippen molar-refractivity contribution in [3.05, 3.63) is 76.5 Å². The highest BCUT2D eigenvalue weighted by Crippen LogP contribution is 2.33. The molecule has 1 aliphatic rings. The highest BCUT2D eigenvalue weighted by molar-refractivity contribution is 6.30. The first-order valence-electron chi connectivity index (χ1n) is 8.80. The molecule has 0 fully saturated rings. The van der Waals surface area contributed by atoms with Gasteiger partial charge >= 0.3 is 5.97 Å². The zero-order valence-corrected chi connectivity index (χ0v) is 16.1. The molecule has 1 aromatic carbocycles. The summed E-state index contributed by atoms with van der Waals surface area (Å²) in [5.41, 5.74) is 2.09. The maximum Gasteiger partial charge on any atom is 0.377 e. The highest BCUT2D eigenvalue weighted by Gasteiger charge is 2.35. The summed E-state index contributed by atoms with van der Waals surface area (Å²) in [6.45, 7) is 1.18. The third kappa shape index (κ3) is 4.07. The number of carbonyl (C=O) groups is 2. The zero-order chi connectivity index (χ0) is 20.4. The number of aromatic nitrogens is 1. The van der Waals surface area contributed by atoms with Gasteiger partial charge in [-0.2, -0.15) is 5.10 Å². The molecule has 1 aliphatic heterocycles. The molecule has 0 unspecified atom stereocenters. The predicted octanol–water partition coefficient (Wildman–Crippen LogP) is 3.76. The van der Waals surface area contributed by atoms with E-state index in [4.69, 9.17) is 25.3 Å². The summed E-state index contributed by atoms with van der Waals surface area (Å²) >= 11 is 5.95. The van der Waals surface area contributed by atoms with Crippen LogP contribution in [0.4, 0.5) is 0 Å². The van der Waals surface area contributed by atoms with E-state index >= 15 is 0 Å². The Morgan fingerprint density at radius 3 is 2.72 bits per heavy atom. The molecule has 3 heterocycles. The summed E-state index contributed by atoms with van der Waals surface area (Å²) in [6, 6.07) is 11.7. The molecule has 1 amide bonds. The largest absolute Gasteiger partial charge is 0.467 e. The van der Waals surface area contributed by atoms with E-state index in [0.29, 0.717) is 28.6 Å². The number of amides is 1. The van der Waals surface area contributed by atoms with Crippen molar-refractivity contribution in [1.29, 1.82) is 0 Å². The summed E-state index contributed by atoms with van der Waals surface area (Å²) in [4.78, 5) is 24.8. The van der Waals surface area contributed by atoms with E-state index in [1.165, 1.54) is 17.3 Å². The molecule has 1 atom stereocenters. The fraction of sp³-hybridized carbons (Fsp3) is 0.200. The number of aryl methyl sites for hydroxylation is 1. The van der Waals surface area contributed by atoms with Gasteiger partial charge in [0.1, 0.15) is 11.8 Å². The van der Waals surface area contributed by atoms with Crippen molar-refractivity contribution in [1.82, 2.24) is 10.2 Å². The third-order valence-corrected chi connectivity index (χ3v) is 4.62. The molecule has 8 nitrogen and oxygen atoms in total. The minimum absolute atomic E-state index is 0.0651. The number of hydrogen-bond donors (Lipinski definition) is 0. The highest BCUT2D eigenvalue weighted by atomic mass is 35.5. The van der Waals surface area contributed by atoms with Gasteiger partial charge in [-0.05, 0) is 36.8 Å². The topological polar surface area (TPSA) is 98.1 Å². The van der Waals surface area contributed by atoms with Crippen LogP contribution in [0, 0.1) is 6.92 Å². The Hall–Kier alpha value is -3.39. The first-order valence-corrected chi connectivity index (χ1v) is 9.18. The van der Waals surface area contributed by atoms with Gasteiger partial charge in [0, 0.05) is 17.5 Å². The van der Waals surface area contributed by atoms with Gasteiger partial charge in [-0.1, -0.05) is 28.9 Å². The Kier molecular flexibility index (Phi) is 5.18. The number of nitrogens with zero attached hydrogens (tertiary/aromatic N) is 3. The number of rotatable bonds is 5. The molecule has 0 saturated carbocycles. The fourth-order valence-electron chi connectivity index (χ4n) is 2.98. The van der Waals surface area contributed by atoms with Crippen molar-refractivity contribution in [2.75, 3.05) is 6.61 Å². The molecular weight excluding hydrogens is 398 g/mol. The molecule has 0 spiro atoms. The van der Waals surface area contributed by atoms with Crippen LogP contribution in [0.25, 0.3) is 0 Å². The van der Waals surface area contributed by atoms with Gasteiger partial charge in [-0.3, -0.25) is 4.79 Å². The van der Waals surface area contributed by atoms with Crippen molar-refractivity contribution in [2.45, 2.75) is 19.4 Å². The van der Waals surface area contributed by atoms with E-state index in [0.717, 1.165) is 5.56 Å². The Balaban J connectivity index is 1.52. The summed E-state index contributed by atoms with van der Waals surface area (Å²) < 4.78 is 15.4.